The molecule has 1 aromatic heterocycles. The Kier molecular flexibility index (Phi) is 6.13. The fraction of sp³-hybridized carbons (Fsp3) is 0.529. The standard InChI is InChI=1S/C17H21N3O4/c1-24-17(23)14-9-13(10-18)16(22)20(11-14)12-15(21)19-7-5-3-2-4-6-8-19/h9,11H,2-8,12H2,1H3. The Morgan fingerprint density at radius 2 is 1.83 bits per heavy atom. The molecule has 0 saturated carbocycles. The Balaban J connectivity index is 2.24. The summed E-state index contributed by atoms with van der Waals surface area (Å²) in [5.41, 5.74) is -0.682. The van der Waals surface area contributed by atoms with Crippen molar-refractivity contribution in [1.29, 1.82) is 5.26 Å². The zero-order chi connectivity index (χ0) is 17.5. The van der Waals surface area contributed by atoms with Crippen LogP contribution in [0.1, 0.15) is 48.0 Å². The predicted octanol–water partition coefficient (Wildman–Crippen LogP) is 1.30. The summed E-state index contributed by atoms with van der Waals surface area (Å²) in [4.78, 5) is 38.2. The topological polar surface area (TPSA) is 92.4 Å². The Morgan fingerprint density at radius 3 is 2.42 bits per heavy atom. The third-order valence-electron chi connectivity index (χ3n) is 4.14. The quantitative estimate of drug-likeness (QED) is 0.778. The second-order valence-electron chi connectivity index (χ2n) is 5.83. The van der Waals surface area contributed by atoms with Crippen LogP contribution in [0.3, 0.4) is 0 Å². The molecule has 24 heavy (non-hydrogen) atoms. The van der Waals surface area contributed by atoms with Gasteiger partial charge in [0.05, 0.1) is 12.7 Å². The number of rotatable bonds is 3. The summed E-state index contributed by atoms with van der Waals surface area (Å²) in [6.07, 6.45) is 6.56. The second-order valence-corrected chi connectivity index (χ2v) is 5.83. The van der Waals surface area contributed by atoms with Crippen molar-refractivity contribution < 1.29 is 14.3 Å². The van der Waals surface area contributed by atoms with E-state index >= 15 is 0 Å². The van der Waals surface area contributed by atoms with Crippen LogP contribution in [0.15, 0.2) is 17.1 Å². The van der Waals surface area contributed by atoms with E-state index in [4.69, 9.17) is 5.26 Å². The van der Waals surface area contributed by atoms with Gasteiger partial charge in [0.15, 0.2) is 0 Å². The van der Waals surface area contributed by atoms with Crippen LogP contribution in [-0.4, -0.2) is 41.5 Å². The van der Waals surface area contributed by atoms with E-state index < -0.39 is 11.5 Å². The Labute approximate surface area is 140 Å². The van der Waals surface area contributed by atoms with Gasteiger partial charge in [0.1, 0.15) is 18.2 Å². The molecule has 2 heterocycles. The number of nitrogens with zero attached hydrogens (tertiary/aromatic N) is 3. The van der Waals surface area contributed by atoms with Crippen LogP contribution in [0.5, 0.6) is 0 Å². The Morgan fingerprint density at radius 1 is 1.21 bits per heavy atom. The maximum absolute atomic E-state index is 12.5. The third kappa shape index (κ3) is 4.22. The van der Waals surface area contributed by atoms with Gasteiger partial charge in [-0.3, -0.25) is 9.59 Å². The average Bonchev–Trinajstić information content (AvgIpc) is 2.55. The van der Waals surface area contributed by atoms with E-state index in [0.29, 0.717) is 13.1 Å². The van der Waals surface area contributed by atoms with Crippen LogP contribution in [0, 0.1) is 11.3 Å². The van der Waals surface area contributed by atoms with Gasteiger partial charge in [-0.2, -0.15) is 5.26 Å². The molecule has 0 radical (unpaired) electrons. The van der Waals surface area contributed by atoms with E-state index in [1.807, 2.05) is 0 Å². The number of ether oxygens (including phenoxy) is 1. The average molecular weight is 331 g/mol. The number of pyridine rings is 1. The monoisotopic (exact) mass is 331 g/mol. The van der Waals surface area contributed by atoms with Crippen LogP contribution in [-0.2, 0) is 16.1 Å². The third-order valence-corrected chi connectivity index (χ3v) is 4.14. The van der Waals surface area contributed by atoms with E-state index in [9.17, 15) is 14.4 Å². The van der Waals surface area contributed by atoms with Gasteiger partial charge >= 0.3 is 5.97 Å². The van der Waals surface area contributed by atoms with Crippen LogP contribution < -0.4 is 5.56 Å². The van der Waals surface area contributed by atoms with E-state index in [1.54, 1.807) is 11.0 Å². The van der Waals surface area contributed by atoms with Crippen molar-refractivity contribution >= 4 is 11.9 Å². The summed E-state index contributed by atoms with van der Waals surface area (Å²) in [5, 5.41) is 9.06. The number of likely N-dealkylation sites (tertiary alicyclic amines) is 1. The van der Waals surface area contributed by atoms with Crippen molar-refractivity contribution in [3.8, 4) is 6.07 Å². The molecule has 1 saturated heterocycles. The molecule has 1 aliphatic rings. The first kappa shape index (κ1) is 17.7. The fourth-order valence-electron chi connectivity index (χ4n) is 2.81. The van der Waals surface area contributed by atoms with Gasteiger partial charge in [-0.15, -0.1) is 0 Å². The predicted molar refractivity (Wildman–Crippen MR) is 86.4 cm³/mol. The number of hydrogen-bond donors (Lipinski definition) is 0. The van der Waals surface area contributed by atoms with Gasteiger partial charge in [-0.25, -0.2) is 4.79 Å². The van der Waals surface area contributed by atoms with Crippen LogP contribution in [0.25, 0.3) is 0 Å². The number of hydrogen-bond acceptors (Lipinski definition) is 5. The minimum Gasteiger partial charge on any atom is -0.465 e. The lowest BCUT2D eigenvalue weighted by atomic mass is 10.1. The van der Waals surface area contributed by atoms with Gasteiger partial charge in [-0.05, 0) is 18.9 Å². The normalized spacial score (nSPS) is 15.1. The molecule has 0 aromatic carbocycles. The number of carbonyl (C=O) groups excluding carboxylic acids is 2. The summed E-state index contributed by atoms with van der Waals surface area (Å²) in [7, 11) is 1.22. The maximum atomic E-state index is 12.5. The zero-order valence-corrected chi connectivity index (χ0v) is 13.8. The van der Waals surface area contributed by atoms with Gasteiger partial charge < -0.3 is 14.2 Å². The highest BCUT2D eigenvalue weighted by atomic mass is 16.5. The Hall–Kier alpha value is -2.62. The fourth-order valence-corrected chi connectivity index (χ4v) is 2.81. The molecule has 7 nitrogen and oxygen atoms in total. The van der Waals surface area contributed by atoms with Gasteiger partial charge in [0.25, 0.3) is 5.56 Å². The minimum absolute atomic E-state index is 0.0779. The van der Waals surface area contributed by atoms with Gasteiger partial charge in [-0.1, -0.05) is 19.3 Å². The zero-order valence-electron chi connectivity index (χ0n) is 13.8. The van der Waals surface area contributed by atoms with Crippen LogP contribution in [0.4, 0.5) is 0 Å². The van der Waals surface area contributed by atoms with Crippen molar-refractivity contribution in [3.63, 3.8) is 0 Å². The first-order valence-corrected chi connectivity index (χ1v) is 8.07. The molecule has 2 rings (SSSR count). The molecule has 0 N–H and O–H groups in total. The molecule has 0 bridgehead atoms. The summed E-state index contributed by atoms with van der Waals surface area (Å²) in [6, 6.07) is 2.95. The molecule has 0 atom stereocenters. The molecule has 1 fully saturated rings. The van der Waals surface area contributed by atoms with E-state index in [2.05, 4.69) is 4.74 Å². The summed E-state index contributed by atoms with van der Waals surface area (Å²) < 4.78 is 5.74. The molecule has 0 unspecified atom stereocenters. The van der Waals surface area contributed by atoms with E-state index in [1.165, 1.54) is 25.8 Å². The highest BCUT2D eigenvalue weighted by Crippen LogP contribution is 2.11. The molecule has 1 aliphatic heterocycles. The van der Waals surface area contributed by atoms with Crippen molar-refractivity contribution in [2.75, 3.05) is 20.2 Å². The van der Waals surface area contributed by atoms with Crippen molar-refractivity contribution in [3.05, 3.63) is 33.7 Å². The number of aromatic nitrogens is 1. The molecular formula is C17H21N3O4. The van der Waals surface area contributed by atoms with Crippen LogP contribution in [0.2, 0.25) is 0 Å². The molecule has 0 spiro atoms. The Bertz CT molecular complexity index is 710. The van der Waals surface area contributed by atoms with Crippen molar-refractivity contribution in [1.82, 2.24) is 9.47 Å². The lowest BCUT2D eigenvalue weighted by Crippen LogP contribution is -2.38. The molecule has 128 valence electrons. The lowest BCUT2D eigenvalue weighted by Gasteiger charge is -2.25. The molecule has 1 aromatic rings. The molecule has 1 amide bonds. The summed E-state index contributed by atoms with van der Waals surface area (Å²) in [6.45, 7) is 1.17. The van der Waals surface area contributed by atoms with Crippen molar-refractivity contribution in [2.24, 2.45) is 0 Å². The highest BCUT2D eigenvalue weighted by molar-refractivity contribution is 5.89. The number of esters is 1. The van der Waals surface area contributed by atoms with Crippen LogP contribution >= 0.6 is 0 Å². The van der Waals surface area contributed by atoms with Crippen molar-refractivity contribution in [2.45, 2.75) is 38.6 Å². The number of methoxy groups -OCH3 is 1. The molecular weight excluding hydrogens is 310 g/mol. The first-order chi connectivity index (χ1) is 11.6. The smallest absolute Gasteiger partial charge is 0.339 e. The van der Waals surface area contributed by atoms with E-state index in [0.717, 1.165) is 30.3 Å². The maximum Gasteiger partial charge on any atom is 0.339 e. The molecule has 7 heteroatoms. The largest absolute Gasteiger partial charge is 0.465 e. The number of carbonyl (C=O) groups is 2. The van der Waals surface area contributed by atoms with E-state index in [-0.39, 0.29) is 23.6 Å². The summed E-state index contributed by atoms with van der Waals surface area (Å²) in [5.74, 6) is -0.830. The minimum atomic E-state index is -0.654. The van der Waals surface area contributed by atoms with Gasteiger partial charge in [0.2, 0.25) is 5.91 Å². The number of nitriles is 1. The first-order valence-electron chi connectivity index (χ1n) is 8.07. The SMILES string of the molecule is COC(=O)c1cc(C#N)c(=O)n(CC(=O)N2CCCCCCC2)c1. The highest BCUT2D eigenvalue weighted by Gasteiger charge is 2.18. The molecule has 0 aliphatic carbocycles. The summed E-state index contributed by atoms with van der Waals surface area (Å²) >= 11 is 0. The number of amides is 1. The second kappa shape index (κ2) is 8.29. The van der Waals surface area contributed by atoms with Gasteiger partial charge in [0, 0.05) is 19.3 Å². The lowest BCUT2D eigenvalue weighted by molar-refractivity contribution is -0.132.